The Labute approximate surface area is 170 Å². The highest BCUT2D eigenvalue weighted by atomic mass is 127. The van der Waals surface area contributed by atoms with E-state index in [0.29, 0.717) is 5.96 Å². The molecule has 0 saturated carbocycles. The third-order valence-electron chi connectivity index (χ3n) is 4.70. The van der Waals surface area contributed by atoms with Crippen molar-refractivity contribution in [2.75, 3.05) is 32.5 Å². The highest BCUT2D eigenvalue weighted by molar-refractivity contribution is 14.0. The lowest BCUT2D eigenvalue weighted by Gasteiger charge is -2.19. The Bertz CT molecular complexity index is 528. The van der Waals surface area contributed by atoms with Gasteiger partial charge in [-0.2, -0.15) is 0 Å². The second-order valence-corrected chi connectivity index (χ2v) is 7.11. The summed E-state index contributed by atoms with van der Waals surface area (Å²) in [5.41, 5.74) is 10.1. The Hall–Kier alpha value is -0.820. The molecule has 0 aliphatic heterocycles. The van der Waals surface area contributed by atoms with Gasteiger partial charge in [0.05, 0.1) is 0 Å². The summed E-state index contributed by atoms with van der Waals surface area (Å²) in [7, 11) is 4.27. The van der Waals surface area contributed by atoms with Crippen LogP contribution < -0.4 is 11.1 Å². The number of benzene rings is 1. The van der Waals surface area contributed by atoms with E-state index in [-0.39, 0.29) is 24.0 Å². The molecule has 2 rings (SSSR count). The normalized spacial score (nSPS) is 14.1. The highest BCUT2D eigenvalue weighted by Crippen LogP contribution is 2.27. The summed E-state index contributed by atoms with van der Waals surface area (Å²) in [5, 5.41) is 3.32. The van der Waals surface area contributed by atoms with Crippen molar-refractivity contribution in [2.45, 2.75) is 57.8 Å². The second-order valence-electron chi connectivity index (χ2n) is 7.11. The van der Waals surface area contributed by atoms with Crippen LogP contribution in [-0.2, 0) is 12.8 Å². The third-order valence-corrected chi connectivity index (χ3v) is 4.70. The van der Waals surface area contributed by atoms with Crippen molar-refractivity contribution in [3.63, 3.8) is 0 Å². The summed E-state index contributed by atoms with van der Waals surface area (Å²) in [4.78, 5) is 6.74. The molecule has 0 radical (unpaired) electrons. The van der Waals surface area contributed by atoms with E-state index in [0.717, 1.165) is 25.1 Å². The van der Waals surface area contributed by atoms with Gasteiger partial charge in [-0.1, -0.05) is 31.4 Å². The van der Waals surface area contributed by atoms with Gasteiger partial charge in [0, 0.05) is 12.2 Å². The fourth-order valence-electron chi connectivity index (χ4n) is 3.35. The molecule has 1 aromatic carbocycles. The number of nitrogens with one attached hydrogen (secondary N) is 1. The van der Waals surface area contributed by atoms with Gasteiger partial charge in [-0.05, 0) is 76.4 Å². The van der Waals surface area contributed by atoms with Gasteiger partial charge in [-0.25, -0.2) is 0 Å². The zero-order valence-corrected chi connectivity index (χ0v) is 18.2. The predicted octanol–water partition coefficient (Wildman–Crippen LogP) is 4.42. The minimum atomic E-state index is 0. The molecule has 1 aliphatic carbocycles. The lowest BCUT2D eigenvalue weighted by Crippen LogP contribution is -2.24. The summed E-state index contributed by atoms with van der Waals surface area (Å²) in [6, 6.07) is 6.48. The molecular formula is C20H35IN4. The van der Waals surface area contributed by atoms with Gasteiger partial charge in [0.15, 0.2) is 5.96 Å². The average Bonchev–Trinajstić information content (AvgIpc) is 2.57. The molecule has 0 saturated heterocycles. The van der Waals surface area contributed by atoms with Crippen LogP contribution in [0.25, 0.3) is 0 Å². The molecule has 0 aromatic heterocycles. The number of aliphatic imine (C=N–C) groups is 1. The minimum absolute atomic E-state index is 0. The van der Waals surface area contributed by atoms with Crippen molar-refractivity contribution in [1.82, 2.24) is 4.90 Å². The van der Waals surface area contributed by atoms with Crippen LogP contribution in [-0.4, -0.2) is 38.0 Å². The third kappa shape index (κ3) is 8.40. The van der Waals surface area contributed by atoms with Crippen LogP contribution in [0.2, 0.25) is 0 Å². The number of guanidine groups is 1. The van der Waals surface area contributed by atoms with Crippen LogP contribution in [0.3, 0.4) is 0 Å². The monoisotopic (exact) mass is 458 g/mol. The van der Waals surface area contributed by atoms with Crippen LogP contribution in [0.15, 0.2) is 23.2 Å². The number of anilines is 1. The molecule has 25 heavy (non-hydrogen) atoms. The van der Waals surface area contributed by atoms with Crippen LogP contribution in [0.1, 0.15) is 56.1 Å². The van der Waals surface area contributed by atoms with E-state index in [1.54, 1.807) is 0 Å². The van der Waals surface area contributed by atoms with Gasteiger partial charge >= 0.3 is 0 Å². The lowest BCUT2D eigenvalue weighted by molar-refractivity contribution is 0.390. The van der Waals surface area contributed by atoms with Crippen molar-refractivity contribution in [1.29, 1.82) is 0 Å². The molecule has 0 spiro atoms. The minimum Gasteiger partial charge on any atom is -0.370 e. The fraction of sp³-hybridized carbons (Fsp3) is 0.650. The number of aryl methyl sites for hydroxylation is 1. The van der Waals surface area contributed by atoms with E-state index < -0.39 is 0 Å². The van der Waals surface area contributed by atoms with Crippen molar-refractivity contribution < 1.29 is 0 Å². The zero-order valence-electron chi connectivity index (χ0n) is 15.9. The zero-order chi connectivity index (χ0) is 17.2. The Morgan fingerprint density at radius 3 is 2.60 bits per heavy atom. The van der Waals surface area contributed by atoms with E-state index in [4.69, 9.17) is 5.73 Å². The molecule has 4 nitrogen and oxygen atoms in total. The largest absolute Gasteiger partial charge is 0.370 e. The maximum Gasteiger partial charge on any atom is 0.193 e. The quantitative estimate of drug-likeness (QED) is 0.249. The number of fused-ring (bicyclic) bond motifs is 1. The molecule has 0 unspecified atom stereocenters. The summed E-state index contributed by atoms with van der Waals surface area (Å²) in [6.07, 6.45) is 11.2. The van der Waals surface area contributed by atoms with Crippen LogP contribution in [0.4, 0.5) is 5.69 Å². The SMILES string of the molecule is CN(C)CCCCCCCN=C(N)Nc1cccc2c1CCCC2.I. The molecule has 0 amide bonds. The summed E-state index contributed by atoms with van der Waals surface area (Å²) < 4.78 is 0. The average molecular weight is 458 g/mol. The molecule has 0 atom stereocenters. The van der Waals surface area contributed by atoms with Crippen molar-refractivity contribution in [3.8, 4) is 0 Å². The summed E-state index contributed by atoms with van der Waals surface area (Å²) in [5.74, 6) is 0.557. The van der Waals surface area contributed by atoms with Crippen LogP contribution >= 0.6 is 24.0 Å². The number of unbranched alkanes of at least 4 members (excludes halogenated alkanes) is 4. The molecule has 0 heterocycles. The first-order chi connectivity index (χ1) is 11.7. The van der Waals surface area contributed by atoms with E-state index in [9.17, 15) is 0 Å². The number of rotatable bonds is 9. The topological polar surface area (TPSA) is 53.6 Å². The lowest BCUT2D eigenvalue weighted by atomic mass is 9.90. The maximum atomic E-state index is 6.07. The van der Waals surface area contributed by atoms with Gasteiger partial charge in [0.25, 0.3) is 0 Å². The first kappa shape index (κ1) is 22.2. The Morgan fingerprint density at radius 2 is 1.80 bits per heavy atom. The van der Waals surface area contributed by atoms with Crippen LogP contribution in [0.5, 0.6) is 0 Å². The van der Waals surface area contributed by atoms with E-state index in [2.05, 4.69) is 47.5 Å². The Morgan fingerprint density at radius 1 is 1.08 bits per heavy atom. The van der Waals surface area contributed by atoms with Crippen molar-refractivity contribution in [2.24, 2.45) is 10.7 Å². The summed E-state index contributed by atoms with van der Waals surface area (Å²) >= 11 is 0. The molecule has 5 heteroatoms. The van der Waals surface area contributed by atoms with E-state index in [1.165, 1.54) is 62.6 Å². The molecule has 0 bridgehead atoms. The first-order valence-corrected chi connectivity index (χ1v) is 9.49. The first-order valence-electron chi connectivity index (χ1n) is 9.49. The Kier molecular flexibility index (Phi) is 11.1. The van der Waals surface area contributed by atoms with Crippen molar-refractivity contribution >= 4 is 35.6 Å². The second kappa shape index (κ2) is 12.5. The highest BCUT2D eigenvalue weighted by Gasteiger charge is 2.12. The molecule has 142 valence electrons. The van der Waals surface area contributed by atoms with Crippen LogP contribution in [0, 0.1) is 0 Å². The summed E-state index contributed by atoms with van der Waals surface area (Å²) in [6.45, 7) is 2.01. The maximum absolute atomic E-state index is 6.07. The smallest absolute Gasteiger partial charge is 0.193 e. The predicted molar refractivity (Wildman–Crippen MR) is 120 cm³/mol. The number of hydrogen-bond donors (Lipinski definition) is 2. The molecule has 1 aromatic rings. The van der Waals surface area contributed by atoms with Gasteiger partial charge in [-0.15, -0.1) is 24.0 Å². The number of halogens is 1. The Balaban J connectivity index is 0.00000312. The number of nitrogens with two attached hydrogens (primary N) is 1. The van der Waals surface area contributed by atoms with Gasteiger partial charge in [0.2, 0.25) is 0 Å². The number of nitrogens with zero attached hydrogens (tertiary/aromatic N) is 2. The van der Waals surface area contributed by atoms with Crippen molar-refractivity contribution in [3.05, 3.63) is 29.3 Å². The molecular weight excluding hydrogens is 423 g/mol. The molecule has 1 aliphatic rings. The fourth-order valence-corrected chi connectivity index (χ4v) is 3.35. The molecule has 3 N–H and O–H groups in total. The molecule has 0 fully saturated rings. The van der Waals surface area contributed by atoms with Gasteiger partial charge in [0.1, 0.15) is 0 Å². The van der Waals surface area contributed by atoms with E-state index in [1.807, 2.05) is 0 Å². The van der Waals surface area contributed by atoms with Gasteiger partial charge in [-0.3, -0.25) is 4.99 Å². The standard InChI is InChI=1S/C20H34N4.HI/c1-24(2)16-9-5-3-4-8-15-22-20(21)23-19-14-10-12-17-11-6-7-13-18(17)19;/h10,12,14H,3-9,11,13,15-16H2,1-2H3,(H3,21,22,23);1H. The van der Waals surface area contributed by atoms with Gasteiger partial charge < -0.3 is 16.0 Å². The van der Waals surface area contributed by atoms with E-state index >= 15 is 0 Å². The number of hydrogen-bond acceptors (Lipinski definition) is 2.